The van der Waals surface area contributed by atoms with Crippen LogP contribution in [0.2, 0.25) is 0 Å². The number of carbonyl (C=O) groups is 1. The standard InChI is InChI=1S/C17H19NO5S/c1-9-7-10(2)12(4)16(11(9)3)24(22,23)18-13-5-6-14(17(20)21)15(19)8-13/h5-8,18-19H,1-4H3,(H,20,21)/p-1. The van der Waals surface area contributed by atoms with E-state index >= 15 is 0 Å². The highest BCUT2D eigenvalue weighted by Crippen LogP contribution is 2.29. The summed E-state index contributed by atoms with van der Waals surface area (Å²) in [4.78, 5) is 11.0. The Morgan fingerprint density at radius 2 is 1.58 bits per heavy atom. The lowest BCUT2D eigenvalue weighted by molar-refractivity contribution is -0.268. The van der Waals surface area contributed by atoms with E-state index in [0.717, 1.165) is 23.3 Å². The van der Waals surface area contributed by atoms with Gasteiger partial charge in [0.2, 0.25) is 0 Å². The first kappa shape index (κ1) is 17.8. The Hall–Kier alpha value is -2.54. The third-order valence-corrected chi connectivity index (χ3v) is 5.68. The lowest BCUT2D eigenvalue weighted by atomic mass is 10.0. The number of aromatic carboxylic acids is 1. The molecule has 0 radical (unpaired) electrons. The molecule has 0 saturated carbocycles. The van der Waals surface area contributed by atoms with Crippen LogP contribution in [0, 0.1) is 27.7 Å². The van der Waals surface area contributed by atoms with Gasteiger partial charge in [-0.15, -0.1) is 0 Å². The van der Waals surface area contributed by atoms with Crippen LogP contribution in [0.5, 0.6) is 5.75 Å². The van der Waals surface area contributed by atoms with Gasteiger partial charge in [0.1, 0.15) is 0 Å². The van der Waals surface area contributed by atoms with Crippen molar-refractivity contribution < 1.29 is 23.4 Å². The predicted octanol–water partition coefficient (Wildman–Crippen LogP) is 2.49. The molecular formula is C17H18NO5S-. The Morgan fingerprint density at radius 1 is 1.04 bits per heavy atom. The maximum absolute atomic E-state index is 12.7. The van der Waals surface area contributed by atoms with Crippen LogP contribution in [-0.2, 0) is 10.0 Å². The topological polar surface area (TPSA) is 107 Å². The minimum atomic E-state index is -3.91. The summed E-state index contributed by atoms with van der Waals surface area (Å²) < 4.78 is 27.9. The summed E-state index contributed by atoms with van der Waals surface area (Å²) in [6, 6.07) is 5.23. The van der Waals surface area contributed by atoms with Crippen molar-refractivity contribution in [3.05, 3.63) is 52.1 Å². The average molecular weight is 348 g/mol. The van der Waals surface area contributed by atoms with Crippen molar-refractivity contribution >= 4 is 21.7 Å². The van der Waals surface area contributed by atoms with Gasteiger partial charge in [0.15, 0.2) is 0 Å². The van der Waals surface area contributed by atoms with E-state index in [1.807, 2.05) is 19.9 Å². The van der Waals surface area contributed by atoms with Gasteiger partial charge >= 0.3 is 5.97 Å². The van der Waals surface area contributed by atoms with Gasteiger partial charge in [-0.2, -0.15) is 0 Å². The number of aryl methyl sites for hydroxylation is 2. The van der Waals surface area contributed by atoms with Crippen molar-refractivity contribution in [1.82, 2.24) is 0 Å². The summed E-state index contributed by atoms with van der Waals surface area (Å²) in [5.41, 5.74) is 2.60. The lowest BCUT2D eigenvalue weighted by Gasteiger charge is -2.18. The number of hydrogen-bond acceptors (Lipinski definition) is 4. The molecule has 0 spiro atoms. The molecule has 128 valence electrons. The Kier molecular flexibility index (Phi) is 4.57. The maximum Gasteiger partial charge on any atom is 0.335 e. The van der Waals surface area contributed by atoms with Crippen LogP contribution >= 0.6 is 0 Å². The van der Waals surface area contributed by atoms with Gasteiger partial charge in [-0.3, -0.25) is 4.72 Å². The van der Waals surface area contributed by atoms with Gasteiger partial charge in [-0.25, -0.2) is 13.2 Å². The molecule has 0 aromatic heterocycles. The molecule has 6 nitrogen and oxygen atoms in total. The van der Waals surface area contributed by atoms with Crippen LogP contribution in [0.15, 0.2) is 29.2 Å². The molecule has 2 N–H and O–H groups in total. The summed E-state index contributed by atoms with van der Waals surface area (Å²) in [5.74, 6) is -2.10. The average Bonchev–Trinajstić information content (AvgIpc) is 2.44. The fourth-order valence-corrected chi connectivity index (χ4v) is 4.22. The first-order valence-corrected chi connectivity index (χ1v) is 8.67. The number of carboxylic acid groups (broad SMARTS) is 1. The quantitative estimate of drug-likeness (QED) is 0.883. The minimum Gasteiger partial charge on any atom is -0.872 e. The number of carboxylic acids is 1. The van der Waals surface area contributed by atoms with Crippen molar-refractivity contribution in [3.8, 4) is 5.75 Å². The highest BCUT2D eigenvalue weighted by molar-refractivity contribution is 7.92. The van der Waals surface area contributed by atoms with E-state index in [-0.39, 0.29) is 10.6 Å². The Labute approximate surface area is 140 Å². The van der Waals surface area contributed by atoms with Crippen molar-refractivity contribution in [2.24, 2.45) is 0 Å². The Morgan fingerprint density at radius 3 is 2.04 bits per heavy atom. The number of sulfonamides is 1. The molecule has 0 aliphatic heterocycles. The van der Waals surface area contributed by atoms with Crippen molar-refractivity contribution in [3.63, 3.8) is 0 Å². The largest absolute Gasteiger partial charge is 0.872 e. The molecular weight excluding hydrogens is 330 g/mol. The molecule has 2 aromatic rings. The van der Waals surface area contributed by atoms with E-state index in [0.29, 0.717) is 11.1 Å². The highest BCUT2D eigenvalue weighted by atomic mass is 32.2. The second-order valence-corrected chi connectivity index (χ2v) is 7.33. The molecule has 0 saturated heterocycles. The van der Waals surface area contributed by atoms with Gasteiger partial charge < -0.3 is 10.2 Å². The van der Waals surface area contributed by atoms with E-state index in [4.69, 9.17) is 5.11 Å². The molecule has 0 amide bonds. The van der Waals surface area contributed by atoms with E-state index in [1.165, 1.54) is 6.07 Å². The number of rotatable bonds is 4. The van der Waals surface area contributed by atoms with E-state index in [9.17, 15) is 18.3 Å². The van der Waals surface area contributed by atoms with Crippen LogP contribution in [-0.4, -0.2) is 19.5 Å². The van der Waals surface area contributed by atoms with Gasteiger partial charge in [-0.05, 0) is 68.1 Å². The van der Waals surface area contributed by atoms with Crippen molar-refractivity contribution in [2.45, 2.75) is 32.6 Å². The number of anilines is 1. The third kappa shape index (κ3) is 3.21. The maximum atomic E-state index is 12.7. The van der Waals surface area contributed by atoms with Gasteiger partial charge in [0, 0.05) is 5.69 Å². The fraction of sp³-hybridized carbons (Fsp3) is 0.235. The molecule has 0 heterocycles. The van der Waals surface area contributed by atoms with Crippen molar-refractivity contribution in [2.75, 3.05) is 4.72 Å². The van der Waals surface area contributed by atoms with Crippen molar-refractivity contribution in [1.29, 1.82) is 0 Å². The number of nitrogens with one attached hydrogen (secondary N) is 1. The first-order valence-electron chi connectivity index (χ1n) is 7.19. The fourth-order valence-electron chi connectivity index (χ4n) is 2.55. The van der Waals surface area contributed by atoms with Gasteiger partial charge in [0.25, 0.3) is 10.0 Å². The second-order valence-electron chi connectivity index (χ2n) is 5.71. The molecule has 2 rings (SSSR count). The zero-order chi connectivity index (χ0) is 18.2. The summed E-state index contributed by atoms with van der Waals surface area (Å²) in [6.45, 7) is 7.11. The minimum absolute atomic E-state index is 0.0305. The first-order chi connectivity index (χ1) is 11.0. The van der Waals surface area contributed by atoms with Crippen LogP contribution in [0.3, 0.4) is 0 Å². The number of benzene rings is 2. The zero-order valence-corrected chi connectivity index (χ0v) is 14.6. The predicted molar refractivity (Wildman–Crippen MR) is 89.0 cm³/mol. The SMILES string of the molecule is Cc1cc(C)c(C)c(S(=O)(=O)Nc2ccc(C(=O)O)c([O-])c2)c1C. The summed E-state index contributed by atoms with van der Waals surface area (Å²) in [6.07, 6.45) is 0. The Balaban J connectivity index is 2.51. The molecule has 0 atom stereocenters. The Bertz CT molecular complexity index is 906. The molecule has 0 fully saturated rings. The molecule has 24 heavy (non-hydrogen) atoms. The molecule has 0 aliphatic rings. The second kappa shape index (κ2) is 6.16. The van der Waals surface area contributed by atoms with E-state index in [2.05, 4.69) is 4.72 Å². The smallest absolute Gasteiger partial charge is 0.335 e. The highest BCUT2D eigenvalue weighted by Gasteiger charge is 2.22. The van der Waals surface area contributed by atoms with Gasteiger partial charge in [-0.1, -0.05) is 11.8 Å². The molecule has 0 bridgehead atoms. The summed E-state index contributed by atoms with van der Waals surface area (Å²) in [7, 11) is -3.91. The summed E-state index contributed by atoms with van der Waals surface area (Å²) in [5, 5.41) is 20.6. The van der Waals surface area contributed by atoms with E-state index < -0.39 is 27.3 Å². The third-order valence-electron chi connectivity index (χ3n) is 4.03. The number of hydrogen-bond donors (Lipinski definition) is 2. The monoisotopic (exact) mass is 348 g/mol. The lowest BCUT2D eigenvalue weighted by Crippen LogP contribution is -2.17. The molecule has 0 unspecified atom stereocenters. The van der Waals surface area contributed by atoms with Crippen LogP contribution in [0.25, 0.3) is 0 Å². The summed E-state index contributed by atoms with van der Waals surface area (Å²) >= 11 is 0. The molecule has 7 heteroatoms. The van der Waals surface area contributed by atoms with Crippen LogP contribution < -0.4 is 9.83 Å². The zero-order valence-electron chi connectivity index (χ0n) is 13.8. The molecule has 0 aliphatic carbocycles. The van der Waals surface area contributed by atoms with Gasteiger partial charge in [0.05, 0.1) is 10.5 Å². The van der Waals surface area contributed by atoms with E-state index in [1.54, 1.807) is 13.8 Å². The van der Waals surface area contributed by atoms with Crippen LogP contribution in [0.4, 0.5) is 5.69 Å². The molecule has 2 aromatic carbocycles. The normalized spacial score (nSPS) is 11.3. The van der Waals surface area contributed by atoms with Crippen LogP contribution in [0.1, 0.15) is 32.6 Å².